The molecule has 12 heavy (non-hydrogen) atoms. The van der Waals surface area contributed by atoms with Crippen molar-refractivity contribution in [2.45, 2.75) is 53.9 Å². The van der Waals surface area contributed by atoms with E-state index in [1.165, 1.54) is 19.3 Å². The first-order chi connectivity index (χ1) is 5.40. The van der Waals surface area contributed by atoms with Crippen LogP contribution in [-0.2, 0) is 0 Å². The van der Waals surface area contributed by atoms with Gasteiger partial charge in [0.2, 0.25) is 0 Å². The van der Waals surface area contributed by atoms with E-state index in [2.05, 4.69) is 41.5 Å². The third-order valence-corrected chi connectivity index (χ3v) is 3.23. The average Bonchev–Trinajstić information content (AvgIpc) is 1.99. The van der Waals surface area contributed by atoms with Gasteiger partial charge in [-0.05, 0) is 23.7 Å². The Labute approximate surface area is 78.8 Å². The first kappa shape index (κ1) is 12.0. The van der Waals surface area contributed by atoms with Crippen LogP contribution in [0.5, 0.6) is 0 Å². The SMILES string of the molecule is [CH2]C(C)CCC(C)(C)C(C)CC. The van der Waals surface area contributed by atoms with Crippen molar-refractivity contribution in [1.82, 2.24) is 0 Å². The molecule has 0 saturated carbocycles. The van der Waals surface area contributed by atoms with Crippen molar-refractivity contribution < 1.29 is 0 Å². The van der Waals surface area contributed by atoms with Gasteiger partial charge in [0.05, 0.1) is 0 Å². The molecule has 0 fully saturated rings. The van der Waals surface area contributed by atoms with E-state index in [1.807, 2.05) is 0 Å². The lowest BCUT2D eigenvalue weighted by molar-refractivity contribution is 0.195. The molecular weight excluding hydrogens is 144 g/mol. The number of rotatable bonds is 5. The lowest BCUT2D eigenvalue weighted by atomic mass is 9.74. The Morgan fingerprint density at radius 3 is 2.08 bits per heavy atom. The second kappa shape index (κ2) is 4.89. The molecule has 0 heteroatoms. The Balaban J connectivity index is 3.86. The number of hydrogen-bond donors (Lipinski definition) is 0. The van der Waals surface area contributed by atoms with Crippen molar-refractivity contribution in [2.24, 2.45) is 17.3 Å². The molecule has 0 aromatic rings. The second-order valence-corrected chi connectivity index (χ2v) is 4.94. The van der Waals surface area contributed by atoms with Crippen molar-refractivity contribution in [2.75, 3.05) is 0 Å². The predicted octanol–water partition coefficient (Wildman–Crippen LogP) is 4.31. The van der Waals surface area contributed by atoms with E-state index in [-0.39, 0.29) is 0 Å². The summed E-state index contributed by atoms with van der Waals surface area (Å²) < 4.78 is 0. The van der Waals surface area contributed by atoms with Crippen molar-refractivity contribution in [1.29, 1.82) is 0 Å². The van der Waals surface area contributed by atoms with Crippen LogP contribution in [0.4, 0.5) is 0 Å². The van der Waals surface area contributed by atoms with E-state index in [0.717, 1.165) is 5.92 Å². The average molecular weight is 169 g/mol. The fourth-order valence-electron chi connectivity index (χ4n) is 1.42. The van der Waals surface area contributed by atoms with Crippen molar-refractivity contribution in [3.05, 3.63) is 6.92 Å². The summed E-state index contributed by atoms with van der Waals surface area (Å²) in [5.74, 6) is 1.43. The van der Waals surface area contributed by atoms with E-state index < -0.39 is 0 Å². The van der Waals surface area contributed by atoms with Crippen molar-refractivity contribution in [3.63, 3.8) is 0 Å². The van der Waals surface area contributed by atoms with Gasteiger partial charge in [-0.1, -0.05) is 54.4 Å². The van der Waals surface area contributed by atoms with Gasteiger partial charge in [0.15, 0.2) is 0 Å². The molecule has 0 N–H and O–H groups in total. The van der Waals surface area contributed by atoms with Gasteiger partial charge in [-0.2, -0.15) is 0 Å². The summed E-state index contributed by atoms with van der Waals surface area (Å²) in [7, 11) is 0. The van der Waals surface area contributed by atoms with Crippen LogP contribution in [0.2, 0.25) is 0 Å². The van der Waals surface area contributed by atoms with E-state index in [1.54, 1.807) is 0 Å². The summed E-state index contributed by atoms with van der Waals surface area (Å²) in [5.41, 5.74) is 0.501. The van der Waals surface area contributed by atoms with Crippen LogP contribution in [0.1, 0.15) is 53.9 Å². The van der Waals surface area contributed by atoms with Gasteiger partial charge in [-0.15, -0.1) is 0 Å². The van der Waals surface area contributed by atoms with E-state index in [9.17, 15) is 0 Å². The molecule has 73 valence electrons. The van der Waals surface area contributed by atoms with Crippen LogP contribution in [0.3, 0.4) is 0 Å². The molecule has 2 atom stereocenters. The third kappa shape index (κ3) is 4.13. The summed E-state index contributed by atoms with van der Waals surface area (Å²) in [6, 6.07) is 0. The summed E-state index contributed by atoms with van der Waals surface area (Å²) in [6.45, 7) is 15.6. The minimum atomic E-state index is 0.501. The highest BCUT2D eigenvalue weighted by Gasteiger charge is 2.23. The van der Waals surface area contributed by atoms with Crippen LogP contribution in [0.25, 0.3) is 0 Å². The Kier molecular flexibility index (Phi) is 4.89. The zero-order valence-electron chi connectivity index (χ0n) is 9.48. The molecule has 0 spiro atoms. The minimum Gasteiger partial charge on any atom is -0.0651 e. The number of hydrogen-bond acceptors (Lipinski definition) is 0. The standard InChI is InChI=1S/C12H25/c1-7-11(4)12(5,6)9-8-10(2)3/h10-11H,2,7-9H2,1,3-6H3. The first-order valence-corrected chi connectivity index (χ1v) is 5.23. The molecule has 0 bridgehead atoms. The minimum absolute atomic E-state index is 0.501. The Morgan fingerprint density at radius 2 is 1.75 bits per heavy atom. The highest BCUT2D eigenvalue weighted by Crippen LogP contribution is 2.34. The summed E-state index contributed by atoms with van der Waals surface area (Å²) in [5, 5.41) is 0. The maximum Gasteiger partial charge on any atom is -0.0329 e. The van der Waals surface area contributed by atoms with Gasteiger partial charge in [0, 0.05) is 0 Å². The molecular formula is C12H25. The summed E-state index contributed by atoms with van der Waals surface area (Å²) >= 11 is 0. The van der Waals surface area contributed by atoms with Gasteiger partial charge >= 0.3 is 0 Å². The topological polar surface area (TPSA) is 0 Å². The quantitative estimate of drug-likeness (QED) is 0.575. The van der Waals surface area contributed by atoms with E-state index in [4.69, 9.17) is 0 Å². The third-order valence-electron chi connectivity index (χ3n) is 3.23. The van der Waals surface area contributed by atoms with Crippen LogP contribution in [0.15, 0.2) is 0 Å². The molecule has 0 aromatic carbocycles. The summed E-state index contributed by atoms with van der Waals surface area (Å²) in [4.78, 5) is 0. The highest BCUT2D eigenvalue weighted by atomic mass is 14.3. The van der Waals surface area contributed by atoms with Gasteiger partial charge in [0.25, 0.3) is 0 Å². The molecule has 0 aromatic heterocycles. The predicted molar refractivity (Wildman–Crippen MR) is 57.0 cm³/mol. The van der Waals surface area contributed by atoms with Crippen LogP contribution in [0, 0.1) is 24.2 Å². The van der Waals surface area contributed by atoms with Crippen LogP contribution >= 0.6 is 0 Å². The largest absolute Gasteiger partial charge is 0.0651 e. The lowest BCUT2D eigenvalue weighted by Crippen LogP contribution is -2.21. The maximum absolute atomic E-state index is 4.03. The van der Waals surface area contributed by atoms with Gasteiger partial charge in [-0.3, -0.25) is 0 Å². The molecule has 0 aliphatic carbocycles. The molecule has 0 nitrogen and oxygen atoms in total. The zero-order valence-corrected chi connectivity index (χ0v) is 9.48. The molecule has 0 amide bonds. The zero-order chi connectivity index (χ0) is 9.78. The molecule has 0 saturated heterocycles. The Bertz CT molecular complexity index is 111. The molecule has 0 rings (SSSR count). The van der Waals surface area contributed by atoms with Crippen molar-refractivity contribution >= 4 is 0 Å². The summed E-state index contributed by atoms with van der Waals surface area (Å²) in [6.07, 6.45) is 3.86. The van der Waals surface area contributed by atoms with E-state index in [0.29, 0.717) is 11.3 Å². The molecule has 2 unspecified atom stereocenters. The fourth-order valence-corrected chi connectivity index (χ4v) is 1.42. The molecule has 0 aliphatic heterocycles. The van der Waals surface area contributed by atoms with E-state index >= 15 is 0 Å². The van der Waals surface area contributed by atoms with Gasteiger partial charge in [0.1, 0.15) is 0 Å². The smallest absolute Gasteiger partial charge is 0.0329 e. The monoisotopic (exact) mass is 169 g/mol. The fraction of sp³-hybridized carbons (Fsp3) is 0.917. The Morgan fingerprint density at radius 1 is 1.25 bits per heavy atom. The normalized spacial score (nSPS) is 15.2. The van der Waals surface area contributed by atoms with Crippen LogP contribution in [-0.4, -0.2) is 0 Å². The maximum atomic E-state index is 4.03. The second-order valence-electron chi connectivity index (χ2n) is 4.94. The molecule has 0 aliphatic rings. The first-order valence-electron chi connectivity index (χ1n) is 5.23. The van der Waals surface area contributed by atoms with Gasteiger partial charge < -0.3 is 0 Å². The van der Waals surface area contributed by atoms with Crippen LogP contribution < -0.4 is 0 Å². The lowest BCUT2D eigenvalue weighted by Gasteiger charge is -2.31. The van der Waals surface area contributed by atoms with Crippen molar-refractivity contribution in [3.8, 4) is 0 Å². The molecule has 1 radical (unpaired) electrons. The molecule has 0 heterocycles. The van der Waals surface area contributed by atoms with Gasteiger partial charge in [-0.25, -0.2) is 0 Å². The Hall–Kier alpha value is 0. The highest BCUT2D eigenvalue weighted by molar-refractivity contribution is 4.75.